The summed E-state index contributed by atoms with van der Waals surface area (Å²) in [7, 11) is 0. The maximum atomic E-state index is 13.8. The molecular formula is C30H35ClN2O2S. The number of halogens is 1. The van der Waals surface area contributed by atoms with Crippen LogP contribution in [0, 0.1) is 0 Å². The fourth-order valence-corrected chi connectivity index (χ4v) is 5.86. The molecule has 0 aliphatic carbocycles. The molecule has 0 saturated heterocycles. The smallest absolute Gasteiger partial charge is 0.254 e. The fourth-order valence-electron chi connectivity index (χ4n) is 4.84. The van der Waals surface area contributed by atoms with Crippen LogP contribution >= 0.6 is 22.9 Å². The van der Waals surface area contributed by atoms with E-state index in [1.165, 1.54) is 16.0 Å². The van der Waals surface area contributed by atoms with Crippen LogP contribution in [0.5, 0.6) is 0 Å². The molecule has 0 N–H and O–H groups in total. The van der Waals surface area contributed by atoms with E-state index < -0.39 is 0 Å². The molecule has 36 heavy (non-hydrogen) atoms. The van der Waals surface area contributed by atoms with Gasteiger partial charge in [0.1, 0.15) is 6.54 Å². The first-order valence-electron chi connectivity index (χ1n) is 12.9. The highest BCUT2D eigenvalue weighted by Crippen LogP contribution is 2.38. The van der Waals surface area contributed by atoms with Crippen molar-refractivity contribution in [1.82, 2.24) is 9.80 Å². The largest absolute Gasteiger partial charge is 0.330 e. The first-order valence-corrected chi connectivity index (χ1v) is 14.2. The van der Waals surface area contributed by atoms with Crippen molar-refractivity contribution in [2.24, 2.45) is 0 Å². The van der Waals surface area contributed by atoms with Gasteiger partial charge in [0.15, 0.2) is 0 Å². The summed E-state index contributed by atoms with van der Waals surface area (Å²) >= 11 is 7.90. The number of thiophene rings is 1. The molecule has 4 rings (SSSR count). The van der Waals surface area contributed by atoms with Crippen molar-refractivity contribution >= 4 is 34.8 Å². The highest BCUT2D eigenvalue weighted by atomic mass is 35.5. The number of rotatable bonds is 9. The number of fused-ring (bicyclic) bond motifs is 1. The van der Waals surface area contributed by atoms with Gasteiger partial charge in [-0.1, -0.05) is 56.1 Å². The number of hydrogen-bond acceptors (Lipinski definition) is 3. The van der Waals surface area contributed by atoms with E-state index in [9.17, 15) is 9.59 Å². The number of carbonyl (C=O) groups is 2. The third-order valence-corrected chi connectivity index (χ3v) is 8.43. The van der Waals surface area contributed by atoms with E-state index in [0.29, 0.717) is 17.1 Å². The number of benzene rings is 2. The van der Waals surface area contributed by atoms with E-state index in [2.05, 4.69) is 25.3 Å². The minimum absolute atomic E-state index is 0.0278. The van der Waals surface area contributed by atoms with Gasteiger partial charge in [-0.3, -0.25) is 9.59 Å². The van der Waals surface area contributed by atoms with Gasteiger partial charge in [0, 0.05) is 28.0 Å². The van der Waals surface area contributed by atoms with Gasteiger partial charge in [0.2, 0.25) is 5.91 Å². The summed E-state index contributed by atoms with van der Waals surface area (Å²) in [6.07, 6.45) is 4.91. The number of unbranched alkanes of at least 4 members (excludes halogenated alkanes) is 1. The second kappa shape index (κ2) is 12.1. The van der Waals surface area contributed by atoms with Crippen LogP contribution in [0.2, 0.25) is 5.02 Å². The molecule has 4 nitrogen and oxygen atoms in total. The summed E-state index contributed by atoms with van der Waals surface area (Å²) < 4.78 is 0. The Morgan fingerprint density at radius 3 is 2.47 bits per heavy atom. The summed E-state index contributed by atoms with van der Waals surface area (Å²) in [4.78, 5) is 32.4. The molecule has 0 bridgehead atoms. The van der Waals surface area contributed by atoms with Crippen molar-refractivity contribution in [3.63, 3.8) is 0 Å². The van der Waals surface area contributed by atoms with Gasteiger partial charge in [-0.2, -0.15) is 0 Å². The average molecular weight is 523 g/mol. The van der Waals surface area contributed by atoms with Gasteiger partial charge >= 0.3 is 0 Å². The Kier molecular flexibility index (Phi) is 8.86. The molecule has 3 aromatic rings. The molecule has 2 heterocycles. The van der Waals surface area contributed by atoms with E-state index in [4.69, 9.17) is 11.6 Å². The standard InChI is InChI=1S/C30H35ClN2O2S/c1-4-6-7-22-8-10-24(11-9-22)30(35)33(21(3)5-2)20-28(34)32-18-16-27-26(17-19-36-27)29(32)23-12-14-25(31)15-13-23/h8-15,17,19,21,29H,4-7,16,18,20H2,1-3H3. The van der Waals surface area contributed by atoms with E-state index in [-0.39, 0.29) is 30.4 Å². The van der Waals surface area contributed by atoms with Gasteiger partial charge in [0.05, 0.1) is 6.04 Å². The van der Waals surface area contributed by atoms with Gasteiger partial charge in [0.25, 0.3) is 5.91 Å². The highest BCUT2D eigenvalue weighted by Gasteiger charge is 2.34. The van der Waals surface area contributed by atoms with Crippen molar-refractivity contribution < 1.29 is 9.59 Å². The second-order valence-corrected chi connectivity index (χ2v) is 11.0. The van der Waals surface area contributed by atoms with E-state index in [0.717, 1.165) is 37.7 Å². The lowest BCUT2D eigenvalue weighted by atomic mass is 9.93. The summed E-state index contributed by atoms with van der Waals surface area (Å²) in [6.45, 7) is 6.95. The number of aryl methyl sites for hydroxylation is 1. The van der Waals surface area contributed by atoms with Crippen molar-refractivity contribution in [3.8, 4) is 0 Å². The Balaban J connectivity index is 1.58. The minimum Gasteiger partial charge on any atom is -0.330 e. The van der Waals surface area contributed by atoms with Crippen LogP contribution in [0.4, 0.5) is 0 Å². The van der Waals surface area contributed by atoms with Crippen LogP contribution in [-0.2, 0) is 17.6 Å². The minimum atomic E-state index is -0.170. The van der Waals surface area contributed by atoms with Crippen LogP contribution in [0.15, 0.2) is 60.0 Å². The van der Waals surface area contributed by atoms with Gasteiger partial charge in [-0.25, -0.2) is 0 Å². The fraction of sp³-hybridized carbons (Fsp3) is 0.400. The lowest BCUT2D eigenvalue weighted by molar-refractivity contribution is -0.134. The van der Waals surface area contributed by atoms with Crippen molar-refractivity contribution in [1.29, 1.82) is 0 Å². The molecule has 6 heteroatoms. The zero-order chi connectivity index (χ0) is 25.7. The quantitative estimate of drug-likeness (QED) is 0.299. The van der Waals surface area contributed by atoms with Crippen LogP contribution in [0.25, 0.3) is 0 Å². The summed E-state index contributed by atoms with van der Waals surface area (Å²) in [5.74, 6) is -0.115. The lowest BCUT2D eigenvalue weighted by Gasteiger charge is -2.38. The van der Waals surface area contributed by atoms with E-state index in [1.54, 1.807) is 16.2 Å². The lowest BCUT2D eigenvalue weighted by Crippen LogP contribution is -2.49. The van der Waals surface area contributed by atoms with Gasteiger partial charge in [-0.05, 0) is 85.0 Å². The number of carbonyl (C=O) groups excluding carboxylic acids is 2. The Labute approximate surface area is 223 Å². The van der Waals surface area contributed by atoms with E-state index in [1.807, 2.05) is 60.4 Å². The maximum absolute atomic E-state index is 13.8. The molecule has 1 aliphatic rings. The molecule has 1 aliphatic heterocycles. The molecule has 0 saturated carbocycles. The van der Waals surface area contributed by atoms with Crippen LogP contribution in [0.3, 0.4) is 0 Å². The SMILES string of the molecule is CCCCc1ccc(C(=O)N(CC(=O)N2CCc3sccc3C2c2ccc(Cl)cc2)C(C)CC)cc1. The van der Waals surface area contributed by atoms with Gasteiger partial charge in [-0.15, -0.1) is 11.3 Å². The molecule has 2 atom stereocenters. The number of amides is 2. The molecule has 190 valence electrons. The Morgan fingerprint density at radius 2 is 1.81 bits per heavy atom. The Morgan fingerprint density at radius 1 is 1.08 bits per heavy atom. The summed E-state index contributed by atoms with van der Waals surface area (Å²) in [5.41, 5.74) is 4.09. The molecule has 2 amide bonds. The average Bonchev–Trinajstić information content (AvgIpc) is 3.39. The van der Waals surface area contributed by atoms with Crippen molar-refractivity contribution in [3.05, 3.63) is 92.1 Å². The topological polar surface area (TPSA) is 40.6 Å². The predicted octanol–water partition coefficient (Wildman–Crippen LogP) is 7.16. The molecule has 2 unspecified atom stereocenters. The second-order valence-electron chi connectivity index (χ2n) is 9.58. The third-order valence-electron chi connectivity index (χ3n) is 7.18. The highest BCUT2D eigenvalue weighted by molar-refractivity contribution is 7.10. The van der Waals surface area contributed by atoms with Crippen molar-refractivity contribution in [2.75, 3.05) is 13.1 Å². The molecule has 0 fully saturated rings. The zero-order valence-electron chi connectivity index (χ0n) is 21.4. The Hall–Kier alpha value is -2.63. The van der Waals surface area contributed by atoms with E-state index >= 15 is 0 Å². The normalized spacial score (nSPS) is 15.9. The van der Waals surface area contributed by atoms with Crippen LogP contribution in [0.1, 0.15) is 78.0 Å². The molecule has 0 spiro atoms. The molecule has 2 aromatic carbocycles. The van der Waals surface area contributed by atoms with Crippen LogP contribution < -0.4 is 0 Å². The first-order chi connectivity index (χ1) is 17.4. The third kappa shape index (κ3) is 5.84. The Bertz CT molecular complexity index is 1170. The first kappa shape index (κ1) is 26.4. The van der Waals surface area contributed by atoms with Gasteiger partial charge < -0.3 is 9.80 Å². The van der Waals surface area contributed by atoms with Crippen molar-refractivity contribution in [2.45, 2.75) is 65.0 Å². The zero-order valence-corrected chi connectivity index (χ0v) is 22.9. The molecule has 0 radical (unpaired) electrons. The molecular weight excluding hydrogens is 488 g/mol. The summed E-state index contributed by atoms with van der Waals surface area (Å²) in [5, 5.41) is 2.77. The molecule has 1 aromatic heterocycles. The summed E-state index contributed by atoms with van der Waals surface area (Å²) in [6, 6.07) is 17.5. The number of nitrogens with zero attached hydrogens (tertiary/aromatic N) is 2. The monoisotopic (exact) mass is 522 g/mol. The van der Waals surface area contributed by atoms with Crippen LogP contribution in [-0.4, -0.2) is 40.7 Å². The number of hydrogen-bond donors (Lipinski definition) is 0. The predicted molar refractivity (Wildman–Crippen MR) is 149 cm³/mol. The maximum Gasteiger partial charge on any atom is 0.254 e.